The van der Waals surface area contributed by atoms with Crippen molar-refractivity contribution in [1.29, 1.82) is 0 Å². The largest absolute Gasteiger partial charge is 0.493 e. The van der Waals surface area contributed by atoms with Gasteiger partial charge >= 0.3 is 5.97 Å². The van der Waals surface area contributed by atoms with Gasteiger partial charge in [0.2, 0.25) is 0 Å². The minimum Gasteiger partial charge on any atom is -0.493 e. The lowest BCUT2D eigenvalue weighted by Crippen LogP contribution is -2.28. The van der Waals surface area contributed by atoms with Gasteiger partial charge in [0.25, 0.3) is 5.91 Å². The highest BCUT2D eigenvalue weighted by Crippen LogP contribution is 2.35. The third-order valence-corrected chi connectivity index (χ3v) is 5.40. The zero-order valence-corrected chi connectivity index (χ0v) is 18.8. The first-order valence-corrected chi connectivity index (χ1v) is 10.8. The van der Waals surface area contributed by atoms with Crippen LogP contribution >= 0.6 is 11.8 Å². The molecule has 7 nitrogen and oxygen atoms in total. The van der Waals surface area contributed by atoms with E-state index in [1.807, 2.05) is 6.92 Å². The number of aliphatic imine (C=N–C) groups is 1. The van der Waals surface area contributed by atoms with E-state index in [0.717, 1.165) is 5.56 Å². The molecule has 9 heteroatoms. The van der Waals surface area contributed by atoms with E-state index in [4.69, 9.17) is 14.2 Å². The molecule has 2 aromatic carbocycles. The molecule has 168 valence electrons. The van der Waals surface area contributed by atoms with Gasteiger partial charge in [-0.2, -0.15) is 0 Å². The SMILES string of the molecule is CCOC(=O)COc1ccc(/C=C2/SC(=Nc3ccc(F)cc3)N(CC)C2=O)cc1OC. The van der Waals surface area contributed by atoms with Crippen molar-refractivity contribution < 1.29 is 28.2 Å². The molecule has 0 aromatic heterocycles. The third-order valence-electron chi connectivity index (χ3n) is 4.39. The van der Waals surface area contributed by atoms with E-state index in [-0.39, 0.29) is 24.9 Å². The monoisotopic (exact) mass is 458 g/mol. The number of rotatable bonds is 8. The van der Waals surface area contributed by atoms with E-state index in [1.54, 1.807) is 48.2 Å². The molecule has 0 spiro atoms. The Morgan fingerprint density at radius 3 is 2.56 bits per heavy atom. The van der Waals surface area contributed by atoms with E-state index in [9.17, 15) is 14.0 Å². The zero-order chi connectivity index (χ0) is 23.1. The highest BCUT2D eigenvalue weighted by Gasteiger charge is 2.32. The predicted molar refractivity (Wildman–Crippen MR) is 122 cm³/mol. The minimum atomic E-state index is -0.471. The van der Waals surface area contributed by atoms with E-state index in [1.165, 1.54) is 31.0 Å². The fourth-order valence-corrected chi connectivity index (χ4v) is 3.94. The van der Waals surface area contributed by atoms with Gasteiger partial charge in [-0.15, -0.1) is 0 Å². The summed E-state index contributed by atoms with van der Waals surface area (Å²) in [6.07, 6.45) is 1.74. The molecule has 0 N–H and O–H groups in total. The highest BCUT2D eigenvalue weighted by molar-refractivity contribution is 8.18. The maximum absolute atomic E-state index is 13.2. The zero-order valence-electron chi connectivity index (χ0n) is 18.0. The van der Waals surface area contributed by atoms with Crippen molar-refractivity contribution >= 4 is 40.6 Å². The number of methoxy groups -OCH3 is 1. The van der Waals surface area contributed by atoms with E-state index >= 15 is 0 Å². The molecule has 1 aliphatic rings. The van der Waals surface area contributed by atoms with Crippen LogP contribution in [0.25, 0.3) is 6.08 Å². The van der Waals surface area contributed by atoms with Crippen molar-refractivity contribution in [2.75, 3.05) is 26.9 Å². The van der Waals surface area contributed by atoms with Crippen molar-refractivity contribution in [3.05, 3.63) is 58.8 Å². The Morgan fingerprint density at radius 2 is 1.91 bits per heavy atom. The van der Waals surface area contributed by atoms with E-state index < -0.39 is 5.97 Å². The molecular formula is C23H23FN2O5S. The summed E-state index contributed by atoms with van der Waals surface area (Å²) in [4.78, 5) is 30.9. The molecule has 0 atom stereocenters. The summed E-state index contributed by atoms with van der Waals surface area (Å²) in [5.41, 5.74) is 1.28. The first-order chi connectivity index (χ1) is 15.4. The maximum atomic E-state index is 13.2. The third kappa shape index (κ3) is 5.67. The van der Waals surface area contributed by atoms with Gasteiger partial charge in [-0.25, -0.2) is 14.2 Å². The van der Waals surface area contributed by atoms with Gasteiger partial charge in [-0.3, -0.25) is 9.69 Å². The molecule has 1 heterocycles. The summed E-state index contributed by atoms with van der Waals surface area (Å²) in [7, 11) is 1.49. The van der Waals surface area contributed by atoms with E-state index in [2.05, 4.69) is 4.99 Å². The molecule has 1 saturated heterocycles. The van der Waals surface area contributed by atoms with Crippen LogP contribution in [-0.4, -0.2) is 48.8 Å². The van der Waals surface area contributed by atoms with Crippen LogP contribution in [0.2, 0.25) is 0 Å². The van der Waals surface area contributed by atoms with Gasteiger partial charge in [-0.05, 0) is 73.6 Å². The number of ether oxygens (including phenoxy) is 3. The number of amides is 1. The summed E-state index contributed by atoms with van der Waals surface area (Å²) in [5.74, 6) is -0.171. The lowest BCUT2D eigenvalue weighted by Gasteiger charge is -2.12. The Kier molecular flexibility index (Phi) is 7.88. The molecule has 1 amide bonds. The van der Waals surface area contributed by atoms with Crippen LogP contribution in [0.5, 0.6) is 11.5 Å². The number of carbonyl (C=O) groups excluding carboxylic acids is 2. The first-order valence-electron chi connectivity index (χ1n) is 9.97. The smallest absolute Gasteiger partial charge is 0.344 e. The van der Waals surface area contributed by atoms with Gasteiger partial charge in [0.05, 0.1) is 24.3 Å². The second-order valence-corrected chi connectivity index (χ2v) is 7.54. The fourth-order valence-electron chi connectivity index (χ4n) is 2.88. The normalized spacial score (nSPS) is 16.0. The molecule has 0 saturated carbocycles. The molecule has 3 rings (SSSR count). The lowest BCUT2D eigenvalue weighted by atomic mass is 10.2. The molecular weight excluding hydrogens is 435 g/mol. The van der Waals surface area contributed by atoms with Crippen LogP contribution in [0.3, 0.4) is 0 Å². The van der Waals surface area contributed by atoms with Crippen LogP contribution < -0.4 is 9.47 Å². The summed E-state index contributed by atoms with van der Waals surface area (Å²) >= 11 is 1.24. The van der Waals surface area contributed by atoms with Gasteiger partial charge in [0.1, 0.15) is 5.82 Å². The molecule has 2 aromatic rings. The average Bonchev–Trinajstić information content (AvgIpc) is 3.08. The number of esters is 1. The quantitative estimate of drug-likeness (QED) is 0.431. The first kappa shape index (κ1) is 23.3. The van der Waals surface area contributed by atoms with Crippen molar-refractivity contribution in [2.45, 2.75) is 13.8 Å². The predicted octanol–water partition coefficient (Wildman–Crippen LogP) is 4.40. The number of amidine groups is 1. The van der Waals surface area contributed by atoms with Gasteiger partial charge in [0, 0.05) is 6.54 Å². The van der Waals surface area contributed by atoms with Crippen molar-refractivity contribution in [2.24, 2.45) is 4.99 Å². The van der Waals surface area contributed by atoms with Gasteiger partial charge in [0.15, 0.2) is 23.3 Å². The molecule has 0 aliphatic carbocycles. The molecule has 0 radical (unpaired) electrons. The maximum Gasteiger partial charge on any atom is 0.344 e. The van der Waals surface area contributed by atoms with Crippen LogP contribution in [-0.2, 0) is 14.3 Å². The van der Waals surface area contributed by atoms with E-state index in [0.29, 0.717) is 33.8 Å². The number of likely N-dealkylation sites (N-methyl/N-ethyl adjacent to an activating group) is 1. The molecule has 0 bridgehead atoms. The van der Waals surface area contributed by atoms with Crippen molar-refractivity contribution in [3.63, 3.8) is 0 Å². The van der Waals surface area contributed by atoms with Crippen molar-refractivity contribution in [3.8, 4) is 11.5 Å². The molecule has 32 heavy (non-hydrogen) atoms. The molecule has 1 fully saturated rings. The standard InChI is InChI=1S/C23H23FN2O5S/c1-4-26-22(28)20(32-23(26)25-17-9-7-16(24)8-10-17)13-15-6-11-18(19(12-15)29-3)31-14-21(27)30-5-2/h6-13H,4-5,14H2,1-3H3/b20-13+,25-23?. The number of hydrogen-bond donors (Lipinski definition) is 0. The number of thioether (sulfide) groups is 1. The Bertz CT molecular complexity index is 1050. The summed E-state index contributed by atoms with van der Waals surface area (Å²) < 4.78 is 28.8. The average molecular weight is 459 g/mol. The van der Waals surface area contributed by atoms with Crippen molar-refractivity contribution in [1.82, 2.24) is 4.90 Å². The number of halogens is 1. The van der Waals surface area contributed by atoms with Gasteiger partial charge < -0.3 is 14.2 Å². The Labute approximate surface area is 189 Å². The Hall–Kier alpha value is -3.33. The molecule has 1 aliphatic heterocycles. The Morgan fingerprint density at radius 1 is 1.16 bits per heavy atom. The topological polar surface area (TPSA) is 77.4 Å². The lowest BCUT2D eigenvalue weighted by molar-refractivity contribution is -0.145. The number of hydrogen-bond acceptors (Lipinski definition) is 7. The van der Waals surface area contributed by atoms with Crippen LogP contribution in [0, 0.1) is 5.82 Å². The number of carbonyl (C=O) groups is 2. The van der Waals surface area contributed by atoms with Crippen LogP contribution in [0.1, 0.15) is 19.4 Å². The number of nitrogens with zero attached hydrogens (tertiary/aromatic N) is 2. The van der Waals surface area contributed by atoms with Gasteiger partial charge in [-0.1, -0.05) is 6.07 Å². The minimum absolute atomic E-state index is 0.167. The second-order valence-electron chi connectivity index (χ2n) is 6.53. The molecule has 0 unspecified atom stereocenters. The second kappa shape index (κ2) is 10.8. The summed E-state index contributed by atoms with van der Waals surface area (Å²) in [6, 6.07) is 10.9. The number of benzene rings is 2. The summed E-state index contributed by atoms with van der Waals surface area (Å²) in [5, 5.41) is 0.525. The Balaban J connectivity index is 1.81. The van der Waals surface area contributed by atoms with Crippen LogP contribution in [0.4, 0.5) is 10.1 Å². The van der Waals surface area contributed by atoms with Crippen LogP contribution in [0.15, 0.2) is 52.4 Å². The summed E-state index contributed by atoms with van der Waals surface area (Å²) in [6.45, 7) is 4.08. The highest BCUT2D eigenvalue weighted by atomic mass is 32.2. The fraction of sp³-hybridized carbons (Fsp3) is 0.261.